The van der Waals surface area contributed by atoms with Crippen LogP contribution in [-0.2, 0) is 6.18 Å². The molecule has 1 rings (SSSR count). The highest BCUT2D eigenvalue weighted by Crippen LogP contribution is 2.28. The molecular formula is C9H9F3N2O. The Balaban J connectivity index is 3.23. The Labute approximate surface area is 84.3 Å². The summed E-state index contributed by atoms with van der Waals surface area (Å²) in [6.45, 7) is 1.48. The molecule has 0 unspecified atom stereocenters. The van der Waals surface area contributed by atoms with Crippen LogP contribution in [0.2, 0.25) is 0 Å². The monoisotopic (exact) mass is 218 g/mol. The van der Waals surface area contributed by atoms with E-state index < -0.39 is 17.8 Å². The lowest BCUT2D eigenvalue weighted by Gasteiger charge is -2.08. The molecule has 1 N–H and O–H groups in total. The number of aryl methyl sites for hydroxylation is 1. The highest BCUT2D eigenvalue weighted by molar-refractivity contribution is 5.92. The van der Waals surface area contributed by atoms with Crippen molar-refractivity contribution in [3.63, 3.8) is 0 Å². The molecule has 0 bridgehead atoms. The van der Waals surface area contributed by atoms with Gasteiger partial charge in [0.15, 0.2) is 0 Å². The smallest absolute Gasteiger partial charge is 0.354 e. The van der Waals surface area contributed by atoms with E-state index in [4.69, 9.17) is 0 Å². The lowest BCUT2D eigenvalue weighted by Crippen LogP contribution is -2.21. The summed E-state index contributed by atoms with van der Waals surface area (Å²) in [6.07, 6.45) is -4.53. The molecule has 1 heterocycles. The quantitative estimate of drug-likeness (QED) is 0.780. The number of aromatic nitrogens is 1. The van der Waals surface area contributed by atoms with Crippen LogP contribution >= 0.6 is 0 Å². The summed E-state index contributed by atoms with van der Waals surface area (Å²) in [4.78, 5) is 14.3. The van der Waals surface area contributed by atoms with Crippen LogP contribution in [0, 0.1) is 6.92 Å². The van der Waals surface area contributed by atoms with Crippen LogP contribution in [0.4, 0.5) is 13.2 Å². The maximum atomic E-state index is 12.3. The molecule has 0 atom stereocenters. The van der Waals surface area contributed by atoms with E-state index in [1.54, 1.807) is 0 Å². The molecule has 0 aromatic carbocycles. The molecule has 0 saturated heterocycles. The Morgan fingerprint density at radius 2 is 2.00 bits per heavy atom. The molecular weight excluding hydrogens is 209 g/mol. The Morgan fingerprint density at radius 3 is 2.47 bits per heavy atom. The van der Waals surface area contributed by atoms with Gasteiger partial charge in [-0.25, -0.2) is 4.98 Å². The minimum absolute atomic E-state index is 0.232. The van der Waals surface area contributed by atoms with Gasteiger partial charge in [0.25, 0.3) is 5.91 Å². The van der Waals surface area contributed by atoms with Crippen LogP contribution in [-0.4, -0.2) is 17.9 Å². The molecule has 1 aromatic heterocycles. The van der Waals surface area contributed by atoms with Crippen molar-refractivity contribution >= 4 is 5.91 Å². The van der Waals surface area contributed by atoms with Gasteiger partial charge >= 0.3 is 6.18 Å². The number of nitrogens with one attached hydrogen (secondary N) is 1. The van der Waals surface area contributed by atoms with Gasteiger partial charge in [-0.05, 0) is 24.6 Å². The number of carbonyl (C=O) groups is 1. The molecule has 6 heteroatoms. The molecule has 0 spiro atoms. The van der Waals surface area contributed by atoms with E-state index in [0.29, 0.717) is 5.56 Å². The third-order valence-corrected chi connectivity index (χ3v) is 1.72. The molecule has 0 aliphatic heterocycles. The fraction of sp³-hybridized carbons (Fsp3) is 0.333. The zero-order chi connectivity index (χ0) is 11.6. The molecule has 0 radical (unpaired) electrons. The second-order valence-corrected chi connectivity index (χ2v) is 2.99. The first-order chi connectivity index (χ1) is 6.84. The molecule has 0 saturated carbocycles. The van der Waals surface area contributed by atoms with Gasteiger partial charge in [-0.3, -0.25) is 4.79 Å². The van der Waals surface area contributed by atoms with E-state index in [1.807, 2.05) is 0 Å². The van der Waals surface area contributed by atoms with E-state index in [2.05, 4.69) is 10.3 Å². The van der Waals surface area contributed by atoms with Crippen LogP contribution in [0.3, 0.4) is 0 Å². The Kier molecular flexibility index (Phi) is 2.97. The Morgan fingerprint density at radius 1 is 1.40 bits per heavy atom. The number of alkyl halides is 3. The molecule has 1 amide bonds. The Bertz CT molecular complexity index is 387. The second-order valence-electron chi connectivity index (χ2n) is 2.99. The van der Waals surface area contributed by atoms with Crippen LogP contribution in [0.25, 0.3) is 0 Å². The van der Waals surface area contributed by atoms with E-state index >= 15 is 0 Å². The maximum Gasteiger partial charge on any atom is 0.433 e. The van der Waals surface area contributed by atoms with Crippen molar-refractivity contribution in [3.05, 3.63) is 29.1 Å². The third kappa shape index (κ3) is 2.68. The Hall–Kier alpha value is -1.59. The topological polar surface area (TPSA) is 42.0 Å². The van der Waals surface area contributed by atoms with Crippen molar-refractivity contribution in [1.29, 1.82) is 0 Å². The summed E-state index contributed by atoms with van der Waals surface area (Å²) in [7, 11) is 1.33. The summed E-state index contributed by atoms with van der Waals surface area (Å²) >= 11 is 0. The predicted octanol–water partition coefficient (Wildman–Crippen LogP) is 1.77. The van der Waals surface area contributed by atoms with E-state index in [0.717, 1.165) is 6.07 Å². The molecule has 82 valence electrons. The zero-order valence-corrected chi connectivity index (χ0v) is 8.14. The molecule has 15 heavy (non-hydrogen) atoms. The summed E-state index contributed by atoms with van der Waals surface area (Å²) in [5.74, 6) is -0.635. The standard InChI is InChI=1S/C9H9F3N2O/c1-5-3-6(8(15)13-2)14-7(4-5)9(10,11)12/h3-4H,1-2H3,(H,13,15). The van der Waals surface area contributed by atoms with Crippen molar-refractivity contribution in [2.75, 3.05) is 7.05 Å². The van der Waals surface area contributed by atoms with Crippen LogP contribution in [0.15, 0.2) is 12.1 Å². The maximum absolute atomic E-state index is 12.3. The number of nitrogens with zero attached hydrogens (tertiary/aromatic N) is 1. The predicted molar refractivity (Wildman–Crippen MR) is 47.4 cm³/mol. The summed E-state index contributed by atoms with van der Waals surface area (Å²) in [5.41, 5.74) is -0.943. The van der Waals surface area contributed by atoms with E-state index in [-0.39, 0.29) is 5.69 Å². The average Bonchev–Trinajstić information content (AvgIpc) is 2.14. The first kappa shape index (κ1) is 11.5. The minimum atomic E-state index is -4.53. The van der Waals surface area contributed by atoms with Crippen molar-refractivity contribution < 1.29 is 18.0 Å². The lowest BCUT2D eigenvalue weighted by atomic mass is 10.2. The van der Waals surface area contributed by atoms with Gasteiger partial charge in [0, 0.05) is 7.05 Å². The van der Waals surface area contributed by atoms with Crippen molar-refractivity contribution in [2.24, 2.45) is 0 Å². The first-order valence-corrected chi connectivity index (χ1v) is 4.12. The normalized spacial score (nSPS) is 11.3. The van der Waals surface area contributed by atoms with Gasteiger partial charge in [-0.2, -0.15) is 13.2 Å². The fourth-order valence-electron chi connectivity index (χ4n) is 1.06. The van der Waals surface area contributed by atoms with Crippen LogP contribution < -0.4 is 5.32 Å². The van der Waals surface area contributed by atoms with Gasteiger partial charge in [0.05, 0.1) is 0 Å². The van der Waals surface area contributed by atoms with Crippen molar-refractivity contribution in [1.82, 2.24) is 10.3 Å². The van der Waals surface area contributed by atoms with Crippen molar-refractivity contribution in [2.45, 2.75) is 13.1 Å². The zero-order valence-electron chi connectivity index (χ0n) is 8.14. The van der Waals surface area contributed by atoms with Crippen LogP contribution in [0.1, 0.15) is 21.7 Å². The summed E-state index contributed by atoms with van der Waals surface area (Å²) < 4.78 is 37.0. The molecule has 0 aliphatic rings. The summed E-state index contributed by atoms with van der Waals surface area (Å²) in [5, 5.41) is 2.22. The molecule has 0 fully saturated rings. The van der Waals surface area contributed by atoms with Crippen LogP contribution in [0.5, 0.6) is 0 Å². The van der Waals surface area contributed by atoms with Crippen molar-refractivity contribution in [3.8, 4) is 0 Å². The van der Waals surface area contributed by atoms with Gasteiger partial charge in [-0.15, -0.1) is 0 Å². The largest absolute Gasteiger partial charge is 0.433 e. The van der Waals surface area contributed by atoms with Gasteiger partial charge < -0.3 is 5.32 Å². The SMILES string of the molecule is CNC(=O)c1cc(C)cc(C(F)(F)F)n1. The number of amides is 1. The number of hydrogen-bond acceptors (Lipinski definition) is 2. The van der Waals surface area contributed by atoms with E-state index in [1.165, 1.54) is 20.0 Å². The number of pyridine rings is 1. The van der Waals surface area contributed by atoms with Gasteiger partial charge in [0.1, 0.15) is 11.4 Å². The van der Waals surface area contributed by atoms with Gasteiger partial charge in [0.2, 0.25) is 0 Å². The first-order valence-electron chi connectivity index (χ1n) is 4.12. The number of carbonyl (C=O) groups excluding carboxylic acids is 1. The number of rotatable bonds is 1. The molecule has 3 nitrogen and oxygen atoms in total. The highest BCUT2D eigenvalue weighted by Gasteiger charge is 2.33. The number of hydrogen-bond donors (Lipinski definition) is 1. The van der Waals surface area contributed by atoms with Gasteiger partial charge in [-0.1, -0.05) is 0 Å². The third-order valence-electron chi connectivity index (χ3n) is 1.72. The van der Waals surface area contributed by atoms with E-state index in [9.17, 15) is 18.0 Å². The second kappa shape index (κ2) is 3.88. The molecule has 1 aromatic rings. The summed E-state index contributed by atoms with van der Waals surface area (Å²) in [6, 6.07) is 2.19. The molecule has 0 aliphatic carbocycles. The fourth-order valence-corrected chi connectivity index (χ4v) is 1.06. The average molecular weight is 218 g/mol. The highest BCUT2D eigenvalue weighted by atomic mass is 19.4. The number of halogens is 3. The minimum Gasteiger partial charge on any atom is -0.354 e. The lowest BCUT2D eigenvalue weighted by molar-refractivity contribution is -0.141.